The van der Waals surface area contributed by atoms with Crippen LogP contribution in [-0.2, 0) is 16.0 Å². The standard InChI is InChI=1S/C16H24N2O3/c1-3-4-8-11-17-16(20)18-14(15(19)21-2)12-13-9-6-5-7-10-13/h5-7,9-10,14H,3-4,8,11-12H2,1-2H3,(H2,17,18,20). The van der Waals surface area contributed by atoms with Gasteiger partial charge in [-0.2, -0.15) is 0 Å². The molecule has 1 unspecified atom stereocenters. The largest absolute Gasteiger partial charge is 0.467 e. The summed E-state index contributed by atoms with van der Waals surface area (Å²) in [5.41, 5.74) is 0.971. The molecule has 0 aromatic heterocycles. The Morgan fingerprint density at radius 3 is 2.52 bits per heavy atom. The number of urea groups is 1. The fraction of sp³-hybridized carbons (Fsp3) is 0.500. The molecule has 0 aliphatic rings. The minimum Gasteiger partial charge on any atom is -0.467 e. The number of rotatable bonds is 8. The molecule has 0 fully saturated rings. The minimum atomic E-state index is -0.677. The van der Waals surface area contributed by atoms with Gasteiger partial charge >= 0.3 is 12.0 Å². The van der Waals surface area contributed by atoms with E-state index in [1.165, 1.54) is 7.11 Å². The van der Waals surface area contributed by atoms with Crippen LogP contribution in [0.5, 0.6) is 0 Å². The van der Waals surface area contributed by atoms with Gasteiger partial charge in [-0.1, -0.05) is 50.1 Å². The van der Waals surface area contributed by atoms with E-state index in [4.69, 9.17) is 4.74 Å². The second-order valence-corrected chi connectivity index (χ2v) is 4.87. The molecule has 0 bridgehead atoms. The van der Waals surface area contributed by atoms with Crippen LogP contribution in [0.1, 0.15) is 31.7 Å². The lowest BCUT2D eigenvalue weighted by Gasteiger charge is -2.17. The maximum Gasteiger partial charge on any atom is 0.328 e. The fourth-order valence-corrected chi connectivity index (χ4v) is 1.97. The normalized spacial score (nSPS) is 11.5. The minimum absolute atomic E-state index is 0.336. The smallest absolute Gasteiger partial charge is 0.328 e. The zero-order chi connectivity index (χ0) is 15.5. The number of methoxy groups -OCH3 is 1. The topological polar surface area (TPSA) is 67.4 Å². The Hall–Kier alpha value is -2.04. The number of amides is 2. The van der Waals surface area contributed by atoms with Crippen LogP contribution in [0, 0.1) is 0 Å². The fourth-order valence-electron chi connectivity index (χ4n) is 1.97. The van der Waals surface area contributed by atoms with Gasteiger partial charge in [0.25, 0.3) is 0 Å². The highest BCUT2D eigenvalue weighted by molar-refractivity contribution is 5.83. The van der Waals surface area contributed by atoms with Gasteiger partial charge in [-0.3, -0.25) is 0 Å². The summed E-state index contributed by atoms with van der Waals surface area (Å²) in [6.07, 6.45) is 3.52. The Morgan fingerprint density at radius 1 is 1.19 bits per heavy atom. The highest BCUT2D eigenvalue weighted by Crippen LogP contribution is 2.04. The summed E-state index contributed by atoms with van der Waals surface area (Å²) < 4.78 is 4.75. The molecule has 0 aliphatic heterocycles. The van der Waals surface area contributed by atoms with Gasteiger partial charge in [0.1, 0.15) is 6.04 Å². The van der Waals surface area contributed by atoms with Crippen molar-refractivity contribution in [2.24, 2.45) is 0 Å². The highest BCUT2D eigenvalue weighted by Gasteiger charge is 2.21. The number of nitrogens with one attached hydrogen (secondary N) is 2. The number of esters is 1. The number of carbonyl (C=O) groups excluding carboxylic acids is 2. The molecule has 2 N–H and O–H groups in total. The van der Waals surface area contributed by atoms with Crippen LogP contribution in [0.2, 0.25) is 0 Å². The summed E-state index contributed by atoms with van der Waals surface area (Å²) >= 11 is 0. The van der Waals surface area contributed by atoms with Crippen molar-refractivity contribution in [2.45, 2.75) is 38.6 Å². The van der Waals surface area contributed by atoms with Crippen LogP contribution in [0.15, 0.2) is 30.3 Å². The molecule has 2 amide bonds. The van der Waals surface area contributed by atoms with Gasteiger partial charge in [-0.05, 0) is 12.0 Å². The zero-order valence-electron chi connectivity index (χ0n) is 12.7. The van der Waals surface area contributed by atoms with Crippen molar-refractivity contribution in [3.63, 3.8) is 0 Å². The molecule has 5 nitrogen and oxygen atoms in total. The summed E-state index contributed by atoms with van der Waals surface area (Å²) in [6, 6.07) is 8.52. The second kappa shape index (κ2) is 9.80. The number of ether oxygens (including phenoxy) is 1. The molecule has 1 aromatic carbocycles. The lowest BCUT2D eigenvalue weighted by Crippen LogP contribution is -2.47. The summed E-state index contributed by atoms with van der Waals surface area (Å²) in [7, 11) is 1.32. The average molecular weight is 292 g/mol. The summed E-state index contributed by atoms with van der Waals surface area (Å²) in [5, 5.41) is 5.42. The Morgan fingerprint density at radius 2 is 1.90 bits per heavy atom. The third kappa shape index (κ3) is 6.79. The maximum atomic E-state index is 11.8. The number of hydrogen-bond acceptors (Lipinski definition) is 3. The van der Waals surface area contributed by atoms with Crippen molar-refractivity contribution < 1.29 is 14.3 Å². The lowest BCUT2D eigenvalue weighted by molar-refractivity contribution is -0.142. The monoisotopic (exact) mass is 292 g/mol. The number of hydrogen-bond donors (Lipinski definition) is 2. The van der Waals surface area contributed by atoms with Crippen molar-refractivity contribution in [2.75, 3.05) is 13.7 Å². The van der Waals surface area contributed by atoms with Crippen molar-refractivity contribution in [1.82, 2.24) is 10.6 Å². The van der Waals surface area contributed by atoms with E-state index >= 15 is 0 Å². The first kappa shape index (κ1) is 17.0. The third-order valence-electron chi connectivity index (χ3n) is 3.14. The average Bonchev–Trinajstić information content (AvgIpc) is 2.51. The van der Waals surface area contributed by atoms with E-state index in [0.717, 1.165) is 24.8 Å². The van der Waals surface area contributed by atoms with Crippen LogP contribution in [-0.4, -0.2) is 31.7 Å². The molecule has 5 heteroatoms. The van der Waals surface area contributed by atoms with Crippen molar-refractivity contribution >= 4 is 12.0 Å². The van der Waals surface area contributed by atoms with Crippen molar-refractivity contribution in [3.8, 4) is 0 Å². The van der Waals surface area contributed by atoms with E-state index in [2.05, 4.69) is 17.6 Å². The summed E-state index contributed by atoms with van der Waals surface area (Å²) in [6.45, 7) is 2.71. The lowest BCUT2D eigenvalue weighted by atomic mass is 10.1. The first-order valence-electron chi connectivity index (χ1n) is 7.33. The van der Waals surface area contributed by atoms with Gasteiger partial charge in [0, 0.05) is 13.0 Å². The van der Waals surface area contributed by atoms with E-state index in [-0.39, 0.29) is 6.03 Å². The predicted octanol–water partition coefficient (Wildman–Crippen LogP) is 2.26. The maximum absolute atomic E-state index is 11.8. The summed E-state index contributed by atoms with van der Waals surface area (Å²) in [5.74, 6) is -0.442. The number of carbonyl (C=O) groups is 2. The number of unbranched alkanes of at least 4 members (excludes halogenated alkanes) is 2. The Labute approximate surface area is 126 Å². The van der Waals surface area contributed by atoms with Crippen LogP contribution >= 0.6 is 0 Å². The van der Waals surface area contributed by atoms with Crippen LogP contribution in [0.4, 0.5) is 4.79 Å². The van der Waals surface area contributed by atoms with E-state index in [0.29, 0.717) is 13.0 Å². The summed E-state index contributed by atoms with van der Waals surface area (Å²) in [4.78, 5) is 23.6. The first-order valence-corrected chi connectivity index (χ1v) is 7.33. The van der Waals surface area contributed by atoms with Gasteiger partial charge < -0.3 is 15.4 Å². The van der Waals surface area contributed by atoms with Crippen LogP contribution < -0.4 is 10.6 Å². The molecule has 1 aromatic rings. The predicted molar refractivity (Wildman–Crippen MR) is 82.0 cm³/mol. The molecule has 0 saturated heterocycles. The third-order valence-corrected chi connectivity index (χ3v) is 3.14. The molecule has 0 saturated carbocycles. The Bertz CT molecular complexity index is 434. The second-order valence-electron chi connectivity index (χ2n) is 4.87. The highest BCUT2D eigenvalue weighted by atomic mass is 16.5. The first-order chi connectivity index (χ1) is 10.2. The van der Waals surface area contributed by atoms with Gasteiger partial charge in [-0.15, -0.1) is 0 Å². The van der Waals surface area contributed by atoms with Crippen molar-refractivity contribution in [1.29, 1.82) is 0 Å². The molecule has 21 heavy (non-hydrogen) atoms. The van der Waals surface area contributed by atoms with Gasteiger partial charge in [0.05, 0.1) is 7.11 Å². The molecule has 116 valence electrons. The van der Waals surface area contributed by atoms with E-state index in [1.54, 1.807) is 0 Å². The number of benzene rings is 1. The Kier molecular flexibility index (Phi) is 7.94. The quantitative estimate of drug-likeness (QED) is 0.570. The molecule has 1 rings (SSSR count). The van der Waals surface area contributed by atoms with Crippen molar-refractivity contribution in [3.05, 3.63) is 35.9 Å². The molecular formula is C16H24N2O3. The molecule has 0 spiro atoms. The molecular weight excluding hydrogens is 268 g/mol. The van der Waals surface area contributed by atoms with E-state index in [9.17, 15) is 9.59 Å². The zero-order valence-corrected chi connectivity index (χ0v) is 12.7. The van der Waals surface area contributed by atoms with Crippen LogP contribution in [0.25, 0.3) is 0 Å². The Balaban J connectivity index is 2.50. The van der Waals surface area contributed by atoms with Crippen LogP contribution in [0.3, 0.4) is 0 Å². The molecule has 1 atom stereocenters. The van der Waals surface area contributed by atoms with Gasteiger partial charge in [0.15, 0.2) is 0 Å². The SMILES string of the molecule is CCCCCNC(=O)NC(Cc1ccccc1)C(=O)OC. The molecule has 0 radical (unpaired) electrons. The molecule has 0 aliphatic carbocycles. The van der Waals surface area contributed by atoms with Gasteiger partial charge in [-0.25, -0.2) is 9.59 Å². The molecule has 0 heterocycles. The van der Waals surface area contributed by atoms with Gasteiger partial charge in [0.2, 0.25) is 0 Å². The van der Waals surface area contributed by atoms with E-state index in [1.807, 2.05) is 30.3 Å². The van der Waals surface area contributed by atoms with E-state index < -0.39 is 12.0 Å².